The minimum atomic E-state index is -0.359. The summed E-state index contributed by atoms with van der Waals surface area (Å²) in [4.78, 5) is 31.4. The van der Waals surface area contributed by atoms with Crippen LogP contribution in [0, 0.1) is 0 Å². The van der Waals surface area contributed by atoms with E-state index in [1.807, 2.05) is 18.2 Å². The van der Waals surface area contributed by atoms with E-state index >= 15 is 0 Å². The van der Waals surface area contributed by atoms with E-state index in [0.29, 0.717) is 0 Å². The van der Waals surface area contributed by atoms with Crippen LogP contribution in [0.15, 0.2) is 24.3 Å². The van der Waals surface area contributed by atoms with Gasteiger partial charge in [0.15, 0.2) is 0 Å². The molecule has 0 spiro atoms. The van der Waals surface area contributed by atoms with Gasteiger partial charge in [-0.25, -0.2) is 9.78 Å². The SMILES string of the molecule is O=C(CN1CCCC1c1nc2ccccc2s1)NC(=O)NC1CCCCC1. The first-order chi connectivity index (χ1) is 13.2. The standard InChI is InChI=1S/C20H26N4O2S/c25-18(23-20(26)21-14-7-2-1-3-8-14)13-24-12-6-10-16(24)19-22-15-9-4-5-11-17(15)27-19/h4-5,9,11,14,16H,1-3,6-8,10,12-13H2,(H2,21,23,25,26). The summed E-state index contributed by atoms with van der Waals surface area (Å²) < 4.78 is 1.18. The molecule has 6 nitrogen and oxygen atoms in total. The summed E-state index contributed by atoms with van der Waals surface area (Å²) >= 11 is 1.70. The third-order valence-electron chi connectivity index (χ3n) is 5.50. The lowest BCUT2D eigenvalue weighted by Gasteiger charge is -2.24. The summed E-state index contributed by atoms with van der Waals surface area (Å²) in [5.41, 5.74) is 1.01. The van der Waals surface area contributed by atoms with Crippen molar-refractivity contribution in [2.75, 3.05) is 13.1 Å². The molecule has 1 aliphatic carbocycles. The number of urea groups is 1. The first kappa shape index (κ1) is 18.4. The van der Waals surface area contributed by atoms with Crippen LogP contribution in [0.3, 0.4) is 0 Å². The van der Waals surface area contributed by atoms with Crippen LogP contribution in [0.2, 0.25) is 0 Å². The van der Waals surface area contributed by atoms with Crippen LogP contribution in [0.4, 0.5) is 4.79 Å². The van der Waals surface area contributed by atoms with Gasteiger partial charge in [0.25, 0.3) is 0 Å². The van der Waals surface area contributed by atoms with Gasteiger partial charge >= 0.3 is 6.03 Å². The Morgan fingerprint density at radius 2 is 1.93 bits per heavy atom. The molecule has 1 saturated heterocycles. The van der Waals surface area contributed by atoms with Crippen molar-refractivity contribution < 1.29 is 9.59 Å². The quantitative estimate of drug-likeness (QED) is 0.842. The first-order valence-corrected chi connectivity index (χ1v) is 10.7. The molecule has 2 aromatic rings. The Bertz CT molecular complexity index is 782. The average Bonchev–Trinajstić information content (AvgIpc) is 3.28. The lowest BCUT2D eigenvalue weighted by atomic mass is 9.96. The van der Waals surface area contributed by atoms with Gasteiger partial charge in [-0.3, -0.25) is 15.0 Å². The van der Waals surface area contributed by atoms with Gasteiger partial charge < -0.3 is 5.32 Å². The summed E-state index contributed by atoms with van der Waals surface area (Å²) in [6.07, 6.45) is 7.60. The van der Waals surface area contributed by atoms with Crippen molar-refractivity contribution in [2.45, 2.75) is 57.0 Å². The lowest BCUT2D eigenvalue weighted by Crippen LogP contribution is -2.47. The molecule has 3 amide bonds. The van der Waals surface area contributed by atoms with Gasteiger partial charge in [0.2, 0.25) is 5.91 Å². The molecule has 1 saturated carbocycles. The topological polar surface area (TPSA) is 74.3 Å². The number of benzene rings is 1. The summed E-state index contributed by atoms with van der Waals surface area (Å²) in [5, 5.41) is 6.50. The minimum Gasteiger partial charge on any atom is -0.335 e. The number of hydrogen-bond acceptors (Lipinski definition) is 5. The van der Waals surface area contributed by atoms with Gasteiger partial charge in [-0.05, 0) is 44.4 Å². The molecule has 1 aliphatic heterocycles. The van der Waals surface area contributed by atoms with Crippen LogP contribution in [0.1, 0.15) is 56.0 Å². The van der Waals surface area contributed by atoms with Gasteiger partial charge in [0.1, 0.15) is 5.01 Å². The number of hydrogen-bond donors (Lipinski definition) is 2. The number of imide groups is 1. The molecule has 1 aromatic carbocycles. The summed E-state index contributed by atoms with van der Waals surface area (Å²) in [7, 11) is 0. The maximum absolute atomic E-state index is 12.4. The Balaban J connectivity index is 1.33. The van der Waals surface area contributed by atoms with Gasteiger partial charge in [0.05, 0.1) is 22.8 Å². The van der Waals surface area contributed by atoms with Crippen LogP contribution >= 0.6 is 11.3 Å². The smallest absolute Gasteiger partial charge is 0.321 e. The predicted molar refractivity (Wildman–Crippen MR) is 107 cm³/mol. The van der Waals surface area contributed by atoms with Crippen molar-refractivity contribution in [1.82, 2.24) is 20.5 Å². The second-order valence-electron chi connectivity index (χ2n) is 7.50. The highest BCUT2D eigenvalue weighted by molar-refractivity contribution is 7.18. The second kappa shape index (κ2) is 8.35. The van der Waals surface area contributed by atoms with Crippen molar-refractivity contribution >= 4 is 33.5 Å². The van der Waals surface area contributed by atoms with Crippen molar-refractivity contribution in [2.24, 2.45) is 0 Å². The first-order valence-electron chi connectivity index (χ1n) is 9.89. The van der Waals surface area contributed by atoms with E-state index < -0.39 is 0 Å². The zero-order chi connectivity index (χ0) is 18.6. The van der Waals surface area contributed by atoms with Crippen LogP contribution < -0.4 is 10.6 Å². The second-order valence-corrected chi connectivity index (χ2v) is 8.57. The zero-order valence-corrected chi connectivity index (χ0v) is 16.3. The fourth-order valence-corrected chi connectivity index (χ4v) is 5.28. The molecule has 144 valence electrons. The normalized spacial score (nSPS) is 21.4. The molecule has 7 heteroatoms. The van der Waals surface area contributed by atoms with Crippen molar-refractivity contribution in [3.8, 4) is 0 Å². The van der Waals surface area contributed by atoms with Gasteiger partial charge in [-0.15, -0.1) is 11.3 Å². The minimum absolute atomic E-state index is 0.162. The molecule has 1 atom stereocenters. The van der Waals surface area contributed by atoms with Crippen LogP contribution in [-0.2, 0) is 4.79 Å². The average molecular weight is 387 g/mol. The monoisotopic (exact) mass is 386 g/mol. The van der Waals surface area contributed by atoms with Crippen LogP contribution in [-0.4, -0.2) is 41.0 Å². The third kappa shape index (κ3) is 4.47. The van der Waals surface area contributed by atoms with E-state index in [0.717, 1.165) is 55.6 Å². The van der Waals surface area contributed by atoms with E-state index in [9.17, 15) is 9.59 Å². The summed E-state index contributed by atoms with van der Waals surface area (Å²) in [6, 6.07) is 8.13. The van der Waals surface area contributed by atoms with Gasteiger partial charge in [-0.2, -0.15) is 0 Å². The number of carbonyl (C=O) groups excluding carboxylic acids is 2. The largest absolute Gasteiger partial charge is 0.335 e. The molecule has 1 unspecified atom stereocenters. The number of fused-ring (bicyclic) bond motifs is 1. The molecule has 2 aliphatic rings. The van der Waals surface area contributed by atoms with Crippen molar-refractivity contribution in [3.05, 3.63) is 29.3 Å². The highest BCUT2D eigenvalue weighted by atomic mass is 32.1. The maximum Gasteiger partial charge on any atom is 0.321 e. The number of thiazole rings is 1. The fourth-order valence-electron chi connectivity index (χ4n) is 4.15. The Morgan fingerprint density at radius 3 is 2.74 bits per heavy atom. The molecular formula is C20H26N4O2S. The Morgan fingerprint density at radius 1 is 1.11 bits per heavy atom. The fraction of sp³-hybridized carbons (Fsp3) is 0.550. The Hall–Kier alpha value is -1.99. The van der Waals surface area contributed by atoms with Gasteiger partial charge in [-0.1, -0.05) is 31.4 Å². The van der Waals surface area contributed by atoms with Crippen molar-refractivity contribution in [3.63, 3.8) is 0 Å². The summed E-state index contributed by atoms with van der Waals surface area (Å²) in [5.74, 6) is -0.240. The zero-order valence-electron chi connectivity index (χ0n) is 15.4. The number of aromatic nitrogens is 1. The highest BCUT2D eigenvalue weighted by Gasteiger charge is 2.30. The van der Waals surface area contributed by atoms with E-state index in [2.05, 4.69) is 21.6 Å². The molecule has 1 aromatic heterocycles. The van der Waals surface area contributed by atoms with E-state index in [1.165, 1.54) is 11.1 Å². The molecule has 2 N–H and O–H groups in total. The van der Waals surface area contributed by atoms with E-state index in [-0.39, 0.29) is 30.6 Å². The highest BCUT2D eigenvalue weighted by Crippen LogP contribution is 2.36. The molecule has 0 bridgehead atoms. The molecule has 27 heavy (non-hydrogen) atoms. The molecule has 2 fully saturated rings. The van der Waals surface area contributed by atoms with Crippen LogP contribution in [0.5, 0.6) is 0 Å². The number of nitrogens with one attached hydrogen (secondary N) is 2. The molecule has 2 heterocycles. The van der Waals surface area contributed by atoms with E-state index in [4.69, 9.17) is 4.98 Å². The maximum atomic E-state index is 12.4. The molecule has 0 radical (unpaired) electrons. The Kier molecular flexibility index (Phi) is 5.69. The number of likely N-dealkylation sites (tertiary alicyclic amines) is 1. The molecule has 4 rings (SSSR count). The number of nitrogens with zero attached hydrogens (tertiary/aromatic N) is 2. The Labute approximate surface area is 163 Å². The van der Waals surface area contributed by atoms with Gasteiger partial charge in [0, 0.05) is 6.04 Å². The lowest BCUT2D eigenvalue weighted by molar-refractivity contribution is -0.121. The van der Waals surface area contributed by atoms with Crippen LogP contribution in [0.25, 0.3) is 10.2 Å². The third-order valence-corrected chi connectivity index (χ3v) is 6.64. The van der Waals surface area contributed by atoms with E-state index in [1.54, 1.807) is 11.3 Å². The number of carbonyl (C=O) groups is 2. The summed E-state index contributed by atoms with van der Waals surface area (Å²) in [6.45, 7) is 1.09. The number of amides is 3. The molecular weight excluding hydrogens is 360 g/mol. The predicted octanol–water partition coefficient (Wildman–Crippen LogP) is 3.59. The van der Waals surface area contributed by atoms with Crippen molar-refractivity contribution in [1.29, 1.82) is 0 Å². The number of rotatable bonds is 4. The number of para-hydroxylation sites is 1.